The van der Waals surface area contributed by atoms with Crippen LogP contribution >= 0.6 is 0 Å². The van der Waals surface area contributed by atoms with Gasteiger partial charge in [-0.1, -0.05) is 0 Å². The third-order valence-corrected chi connectivity index (χ3v) is 4.01. The van der Waals surface area contributed by atoms with Gasteiger partial charge in [-0.2, -0.15) is 13.2 Å². The van der Waals surface area contributed by atoms with E-state index in [1.807, 2.05) is 0 Å². The number of anilines is 2. The van der Waals surface area contributed by atoms with Gasteiger partial charge >= 0.3 is 6.18 Å². The van der Waals surface area contributed by atoms with Crippen LogP contribution in [0.25, 0.3) is 0 Å². The Morgan fingerprint density at radius 1 is 1.19 bits per heavy atom. The molecule has 0 aliphatic heterocycles. The van der Waals surface area contributed by atoms with Crippen molar-refractivity contribution < 1.29 is 26.4 Å². The van der Waals surface area contributed by atoms with Gasteiger partial charge in [0.15, 0.2) is 0 Å². The van der Waals surface area contributed by atoms with Gasteiger partial charge in [0.2, 0.25) is 15.9 Å². The van der Waals surface area contributed by atoms with Crippen molar-refractivity contribution in [2.45, 2.75) is 19.5 Å². The molecule has 2 N–H and O–H groups in total. The van der Waals surface area contributed by atoms with Crippen LogP contribution in [0.2, 0.25) is 0 Å². The molecular formula is C16H16F3N3O3S. The maximum absolute atomic E-state index is 12.9. The molecule has 0 spiro atoms. The van der Waals surface area contributed by atoms with Crippen LogP contribution in [0.1, 0.15) is 16.7 Å². The summed E-state index contributed by atoms with van der Waals surface area (Å²) < 4.78 is 63.6. The molecule has 0 aliphatic rings. The van der Waals surface area contributed by atoms with Gasteiger partial charge < -0.3 is 5.32 Å². The Hall–Kier alpha value is -2.62. The van der Waals surface area contributed by atoms with E-state index in [1.54, 1.807) is 19.2 Å². The number of pyridine rings is 1. The third-order valence-electron chi connectivity index (χ3n) is 3.41. The van der Waals surface area contributed by atoms with Gasteiger partial charge in [0.1, 0.15) is 0 Å². The van der Waals surface area contributed by atoms with Gasteiger partial charge in [-0.15, -0.1) is 0 Å². The SMILES string of the molecule is Cc1ccncc1CC(=O)Nc1cc(C(F)(F)F)ccc1NS(C)(=O)=O. The lowest BCUT2D eigenvalue weighted by Gasteiger charge is -2.15. The van der Waals surface area contributed by atoms with Gasteiger partial charge in [-0.05, 0) is 42.3 Å². The number of alkyl halides is 3. The van der Waals surface area contributed by atoms with Gasteiger partial charge in [0.25, 0.3) is 0 Å². The second kappa shape index (κ2) is 7.32. The molecule has 6 nitrogen and oxygen atoms in total. The maximum atomic E-state index is 12.9. The lowest BCUT2D eigenvalue weighted by molar-refractivity contribution is -0.137. The number of sulfonamides is 1. The van der Waals surface area contributed by atoms with Crippen LogP contribution in [0.3, 0.4) is 0 Å². The standard InChI is InChI=1S/C16H16F3N3O3S/c1-10-5-6-20-9-11(10)7-15(23)21-14-8-12(16(17,18)19)3-4-13(14)22-26(2,24)25/h3-6,8-9,22H,7H2,1-2H3,(H,21,23). The van der Waals surface area contributed by atoms with Crippen molar-refractivity contribution in [1.29, 1.82) is 0 Å². The lowest BCUT2D eigenvalue weighted by Crippen LogP contribution is -2.19. The molecule has 26 heavy (non-hydrogen) atoms. The van der Waals surface area contributed by atoms with E-state index in [9.17, 15) is 26.4 Å². The summed E-state index contributed by atoms with van der Waals surface area (Å²) in [4.78, 5) is 16.1. The molecule has 10 heteroatoms. The topological polar surface area (TPSA) is 88.2 Å². The molecular weight excluding hydrogens is 371 g/mol. The van der Waals surface area contributed by atoms with Crippen molar-refractivity contribution in [3.63, 3.8) is 0 Å². The average Bonchev–Trinajstić information content (AvgIpc) is 2.49. The number of benzene rings is 1. The molecule has 1 aromatic heterocycles. The predicted molar refractivity (Wildman–Crippen MR) is 91.2 cm³/mol. The third kappa shape index (κ3) is 5.45. The van der Waals surface area contributed by atoms with E-state index in [1.165, 1.54) is 6.20 Å². The Balaban J connectivity index is 2.32. The number of rotatable bonds is 5. The first-order chi connectivity index (χ1) is 12.0. The number of hydrogen-bond acceptors (Lipinski definition) is 4. The molecule has 140 valence electrons. The summed E-state index contributed by atoms with van der Waals surface area (Å²) >= 11 is 0. The van der Waals surface area contributed by atoms with Gasteiger partial charge in [0, 0.05) is 12.4 Å². The first-order valence-corrected chi connectivity index (χ1v) is 9.23. The van der Waals surface area contributed by atoms with Crippen molar-refractivity contribution in [2.24, 2.45) is 0 Å². The molecule has 0 saturated carbocycles. The summed E-state index contributed by atoms with van der Waals surface area (Å²) in [5.41, 5.74) is -0.0405. The summed E-state index contributed by atoms with van der Waals surface area (Å²) in [5, 5.41) is 2.33. The molecule has 0 aliphatic carbocycles. The Bertz CT molecular complexity index is 928. The first kappa shape index (κ1) is 19.7. The molecule has 0 fully saturated rings. The second-order valence-electron chi connectivity index (χ2n) is 5.66. The second-order valence-corrected chi connectivity index (χ2v) is 7.41. The van der Waals surface area contributed by atoms with E-state index >= 15 is 0 Å². The number of amides is 1. The fraction of sp³-hybridized carbons (Fsp3) is 0.250. The van der Waals surface area contributed by atoms with Gasteiger partial charge in [-0.25, -0.2) is 8.42 Å². The summed E-state index contributed by atoms with van der Waals surface area (Å²) in [5.74, 6) is -0.600. The number of carbonyl (C=O) groups excluding carboxylic acids is 1. The smallest absolute Gasteiger partial charge is 0.324 e. The molecule has 0 radical (unpaired) electrons. The quantitative estimate of drug-likeness (QED) is 0.826. The fourth-order valence-corrected chi connectivity index (χ4v) is 2.74. The van der Waals surface area contributed by atoms with E-state index in [0.717, 1.165) is 24.0 Å². The Kier molecular flexibility index (Phi) is 5.55. The molecule has 1 heterocycles. The van der Waals surface area contributed by atoms with Crippen LogP contribution in [0, 0.1) is 6.92 Å². The summed E-state index contributed by atoms with van der Waals surface area (Å²) in [6.45, 7) is 1.77. The average molecular weight is 387 g/mol. The van der Waals surface area contributed by atoms with Crippen molar-refractivity contribution in [2.75, 3.05) is 16.3 Å². The van der Waals surface area contributed by atoms with E-state index in [0.29, 0.717) is 11.6 Å². The summed E-state index contributed by atoms with van der Waals surface area (Å²) in [6.07, 6.45) is -0.860. The molecule has 0 atom stereocenters. The molecule has 2 aromatic rings. The minimum Gasteiger partial charge on any atom is -0.324 e. The van der Waals surface area contributed by atoms with Crippen molar-refractivity contribution in [3.8, 4) is 0 Å². The van der Waals surface area contributed by atoms with Crippen LogP contribution in [0.4, 0.5) is 24.5 Å². The molecule has 0 bridgehead atoms. The highest BCUT2D eigenvalue weighted by Gasteiger charge is 2.31. The molecule has 2 rings (SSSR count). The van der Waals surface area contributed by atoms with Crippen LogP contribution in [0.5, 0.6) is 0 Å². The number of nitrogens with zero attached hydrogens (tertiary/aromatic N) is 1. The van der Waals surface area contributed by atoms with Crippen LogP contribution in [-0.2, 0) is 27.4 Å². The van der Waals surface area contributed by atoms with Gasteiger partial charge in [0.05, 0.1) is 29.6 Å². The Morgan fingerprint density at radius 3 is 2.46 bits per heavy atom. The summed E-state index contributed by atoms with van der Waals surface area (Å²) in [6, 6.07) is 4.06. The Morgan fingerprint density at radius 2 is 1.88 bits per heavy atom. The number of hydrogen-bond donors (Lipinski definition) is 2. The zero-order valence-electron chi connectivity index (χ0n) is 13.9. The zero-order chi connectivity index (χ0) is 19.5. The van der Waals surface area contributed by atoms with E-state index in [4.69, 9.17) is 0 Å². The monoisotopic (exact) mass is 387 g/mol. The zero-order valence-corrected chi connectivity index (χ0v) is 14.7. The lowest BCUT2D eigenvalue weighted by atomic mass is 10.1. The van der Waals surface area contributed by atoms with Crippen LogP contribution < -0.4 is 10.0 Å². The normalized spacial score (nSPS) is 11.9. The Labute approximate surface area is 148 Å². The van der Waals surface area contributed by atoms with E-state index < -0.39 is 27.7 Å². The number of carbonyl (C=O) groups is 1. The predicted octanol–water partition coefficient (Wildman–Crippen LogP) is 2.96. The van der Waals surface area contributed by atoms with E-state index in [2.05, 4.69) is 15.0 Å². The fourth-order valence-electron chi connectivity index (χ4n) is 2.16. The highest BCUT2D eigenvalue weighted by atomic mass is 32.2. The van der Waals surface area contributed by atoms with Crippen LogP contribution in [0.15, 0.2) is 36.7 Å². The van der Waals surface area contributed by atoms with Crippen LogP contribution in [-0.4, -0.2) is 25.6 Å². The maximum Gasteiger partial charge on any atom is 0.416 e. The minimum atomic E-state index is -4.64. The number of nitrogens with one attached hydrogen (secondary N) is 2. The largest absolute Gasteiger partial charge is 0.416 e. The van der Waals surface area contributed by atoms with E-state index in [-0.39, 0.29) is 17.8 Å². The number of aromatic nitrogens is 1. The van der Waals surface area contributed by atoms with Crippen molar-refractivity contribution in [3.05, 3.63) is 53.3 Å². The molecule has 1 amide bonds. The summed E-state index contributed by atoms with van der Waals surface area (Å²) in [7, 11) is -3.74. The van der Waals surface area contributed by atoms with Gasteiger partial charge in [-0.3, -0.25) is 14.5 Å². The highest BCUT2D eigenvalue weighted by Crippen LogP contribution is 2.34. The minimum absolute atomic E-state index is 0.117. The molecule has 1 aromatic carbocycles. The number of aryl methyl sites for hydroxylation is 1. The van der Waals surface area contributed by atoms with Crippen molar-refractivity contribution >= 4 is 27.3 Å². The first-order valence-electron chi connectivity index (χ1n) is 7.34. The molecule has 0 saturated heterocycles. The molecule has 0 unspecified atom stereocenters. The van der Waals surface area contributed by atoms with Crippen molar-refractivity contribution in [1.82, 2.24) is 4.98 Å². The highest BCUT2D eigenvalue weighted by molar-refractivity contribution is 7.92. The number of halogens is 3.